The van der Waals surface area contributed by atoms with E-state index in [1.807, 2.05) is 17.0 Å². The summed E-state index contributed by atoms with van der Waals surface area (Å²) >= 11 is 0. The SMILES string of the molecule is O=CN[C@H]1CCCCN(Cc2ccncc2)C1=O. The molecule has 1 aliphatic heterocycles. The molecule has 1 saturated heterocycles. The van der Waals surface area contributed by atoms with Crippen LogP contribution in [0, 0.1) is 0 Å². The van der Waals surface area contributed by atoms with E-state index in [4.69, 9.17) is 0 Å². The van der Waals surface area contributed by atoms with Crippen molar-refractivity contribution in [2.45, 2.75) is 31.8 Å². The highest BCUT2D eigenvalue weighted by atomic mass is 16.2. The first-order valence-corrected chi connectivity index (χ1v) is 6.18. The zero-order chi connectivity index (χ0) is 12.8. The first kappa shape index (κ1) is 12.5. The van der Waals surface area contributed by atoms with Crippen molar-refractivity contribution in [3.05, 3.63) is 30.1 Å². The monoisotopic (exact) mass is 247 g/mol. The first-order valence-electron chi connectivity index (χ1n) is 6.18. The Morgan fingerprint density at radius 2 is 2.17 bits per heavy atom. The van der Waals surface area contributed by atoms with E-state index in [9.17, 15) is 9.59 Å². The molecule has 0 bridgehead atoms. The predicted octanol–water partition coefficient (Wildman–Crippen LogP) is 0.709. The highest BCUT2D eigenvalue weighted by Gasteiger charge is 2.26. The fourth-order valence-corrected chi connectivity index (χ4v) is 2.21. The van der Waals surface area contributed by atoms with Gasteiger partial charge in [0.15, 0.2) is 0 Å². The van der Waals surface area contributed by atoms with Gasteiger partial charge >= 0.3 is 0 Å². The second kappa shape index (κ2) is 6.14. The van der Waals surface area contributed by atoms with Gasteiger partial charge in [0.1, 0.15) is 6.04 Å². The lowest BCUT2D eigenvalue weighted by molar-refractivity contribution is -0.134. The molecule has 5 nitrogen and oxygen atoms in total. The Morgan fingerprint density at radius 3 is 2.89 bits per heavy atom. The third-order valence-electron chi connectivity index (χ3n) is 3.17. The molecule has 2 amide bonds. The number of nitrogens with one attached hydrogen (secondary N) is 1. The second-order valence-corrected chi connectivity index (χ2v) is 4.45. The lowest BCUT2D eigenvalue weighted by atomic mass is 10.1. The molecule has 1 atom stereocenters. The van der Waals surface area contributed by atoms with Crippen LogP contribution in [0.4, 0.5) is 0 Å². The third-order valence-corrected chi connectivity index (χ3v) is 3.17. The summed E-state index contributed by atoms with van der Waals surface area (Å²) in [5.74, 6) is 0.0106. The van der Waals surface area contributed by atoms with Crippen molar-refractivity contribution < 1.29 is 9.59 Å². The molecule has 1 N–H and O–H groups in total. The molecule has 2 heterocycles. The Morgan fingerprint density at radius 1 is 1.39 bits per heavy atom. The van der Waals surface area contributed by atoms with Crippen molar-refractivity contribution in [2.24, 2.45) is 0 Å². The third kappa shape index (κ3) is 3.06. The van der Waals surface area contributed by atoms with Gasteiger partial charge < -0.3 is 10.2 Å². The van der Waals surface area contributed by atoms with E-state index in [1.165, 1.54) is 0 Å². The average Bonchev–Trinajstić information content (AvgIpc) is 2.56. The molecular weight excluding hydrogens is 230 g/mol. The number of hydrogen-bond acceptors (Lipinski definition) is 3. The summed E-state index contributed by atoms with van der Waals surface area (Å²) in [4.78, 5) is 28.5. The molecule has 0 saturated carbocycles. The Hall–Kier alpha value is -1.91. The van der Waals surface area contributed by atoms with E-state index >= 15 is 0 Å². The van der Waals surface area contributed by atoms with Crippen LogP contribution in [-0.2, 0) is 16.1 Å². The molecule has 2 rings (SSSR count). The number of aromatic nitrogens is 1. The van der Waals surface area contributed by atoms with Gasteiger partial charge in [-0.05, 0) is 37.0 Å². The standard InChI is InChI=1S/C13H17N3O2/c17-10-15-12-3-1-2-8-16(13(12)18)9-11-4-6-14-7-5-11/h4-7,10,12H,1-3,8-9H2,(H,15,17)/t12-/m0/s1. The van der Waals surface area contributed by atoms with Crippen molar-refractivity contribution in [3.8, 4) is 0 Å². The maximum Gasteiger partial charge on any atom is 0.245 e. The molecule has 1 fully saturated rings. The summed E-state index contributed by atoms with van der Waals surface area (Å²) in [6.07, 6.45) is 6.72. The van der Waals surface area contributed by atoms with Gasteiger partial charge in [0, 0.05) is 25.5 Å². The summed E-state index contributed by atoms with van der Waals surface area (Å²) in [7, 11) is 0. The number of carbonyl (C=O) groups excluding carboxylic acids is 2. The maximum absolute atomic E-state index is 12.2. The molecule has 96 valence electrons. The minimum absolute atomic E-state index is 0.0106. The van der Waals surface area contributed by atoms with Gasteiger partial charge in [-0.2, -0.15) is 0 Å². The second-order valence-electron chi connectivity index (χ2n) is 4.45. The molecular formula is C13H17N3O2. The van der Waals surface area contributed by atoms with Gasteiger partial charge in [-0.1, -0.05) is 0 Å². The van der Waals surface area contributed by atoms with Gasteiger partial charge in [-0.15, -0.1) is 0 Å². The fourth-order valence-electron chi connectivity index (χ4n) is 2.21. The fraction of sp³-hybridized carbons (Fsp3) is 0.462. The first-order chi connectivity index (χ1) is 8.81. The van der Waals surface area contributed by atoms with Gasteiger partial charge in [0.05, 0.1) is 0 Å². The summed E-state index contributed by atoms with van der Waals surface area (Å²) in [5.41, 5.74) is 1.06. The Kier molecular flexibility index (Phi) is 4.28. The van der Waals surface area contributed by atoms with E-state index in [-0.39, 0.29) is 11.9 Å². The Balaban J connectivity index is 2.06. The Bertz CT molecular complexity index is 408. The molecule has 1 aromatic rings. The number of amides is 2. The molecule has 0 radical (unpaired) electrons. The highest BCUT2D eigenvalue weighted by molar-refractivity contribution is 5.83. The van der Waals surface area contributed by atoms with E-state index in [0.29, 0.717) is 13.0 Å². The molecule has 0 aromatic carbocycles. The van der Waals surface area contributed by atoms with Gasteiger partial charge in [0.25, 0.3) is 0 Å². The minimum atomic E-state index is -0.369. The van der Waals surface area contributed by atoms with Crippen LogP contribution in [0.5, 0.6) is 0 Å². The highest BCUT2D eigenvalue weighted by Crippen LogP contribution is 2.14. The predicted molar refractivity (Wildman–Crippen MR) is 66.5 cm³/mol. The van der Waals surface area contributed by atoms with Gasteiger partial charge in [-0.3, -0.25) is 14.6 Å². The zero-order valence-corrected chi connectivity index (χ0v) is 10.2. The summed E-state index contributed by atoms with van der Waals surface area (Å²) in [6, 6.07) is 3.44. The van der Waals surface area contributed by atoms with Crippen LogP contribution < -0.4 is 5.32 Å². The van der Waals surface area contributed by atoms with Crippen LogP contribution in [-0.4, -0.2) is 34.8 Å². The van der Waals surface area contributed by atoms with Crippen molar-refractivity contribution in [1.82, 2.24) is 15.2 Å². The van der Waals surface area contributed by atoms with Crippen LogP contribution in [0.3, 0.4) is 0 Å². The van der Waals surface area contributed by atoms with Gasteiger partial charge in [-0.25, -0.2) is 0 Å². The number of rotatable bonds is 4. The zero-order valence-electron chi connectivity index (χ0n) is 10.2. The number of carbonyl (C=O) groups is 2. The molecule has 1 aliphatic rings. The molecule has 0 spiro atoms. The maximum atomic E-state index is 12.2. The van der Waals surface area contributed by atoms with Crippen molar-refractivity contribution in [1.29, 1.82) is 0 Å². The van der Waals surface area contributed by atoms with Crippen molar-refractivity contribution >= 4 is 12.3 Å². The summed E-state index contributed by atoms with van der Waals surface area (Å²) < 4.78 is 0. The van der Waals surface area contributed by atoms with Crippen LogP contribution >= 0.6 is 0 Å². The topological polar surface area (TPSA) is 62.3 Å². The average molecular weight is 247 g/mol. The summed E-state index contributed by atoms with van der Waals surface area (Å²) in [6.45, 7) is 1.33. The van der Waals surface area contributed by atoms with E-state index < -0.39 is 0 Å². The van der Waals surface area contributed by atoms with E-state index in [1.54, 1.807) is 12.4 Å². The van der Waals surface area contributed by atoms with Crippen LogP contribution in [0.25, 0.3) is 0 Å². The summed E-state index contributed by atoms with van der Waals surface area (Å²) in [5, 5.41) is 2.61. The number of nitrogens with zero attached hydrogens (tertiary/aromatic N) is 2. The minimum Gasteiger partial charge on any atom is -0.347 e. The van der Waals surface area contributed by atoms with Gasteiger partial charge in [0.2, 0.25) is 12.3 Å². The van der Waals surface area contributed by atoms with Crippen molar-refractivity contribution in [2.75, 3.05) is 6.54 Å². The smallest absolute Gasteiger partial charge is 0.245 e. The lowest BCUT2D eigenvalue weighted by Gasteiger charge is -2.24. The molecule has 0 aliphatic carbocycles. The van der Waals surface area contributed by atoms with Crippen LogP contribution in [0.1, 0.15) is 24.8 Å². The molecule has 1 aromatic heterocycles. The lowest BCUT2D eigenvalue weighted by Crippen LogP contribution is -2.44. The van der Waals surface area contributed by atoms with Crippen LogP contribution in [0.15, 0.2) is 24.5 Å². The molecule has 0 unspecified atom stereocenters. The quantitative estimate of drug-likeness (QED) is 0.797. The number of pyridine rings is 1. The number of likely N-dealkylation sites (tertiary alicyclic amines) is 1. The largest absolute Gasteiger partial charge is 0.347 e. The molecule has 18 heavy (non-hydrogen) atoms. The van der Waals surface area contributed by atoms with Crippen molar-refractivity contribution in [3.63, 3.8) is 0 Å². The number of hydrogen-bond donors (Lipinski definition) is 1. The van der Waals surface area contributed by atoms with E-state index in [0.717, 1.165) is 31.4 Å². The molecule has 5 heteroatoms. The van der Waals surface area contributed by atoms with E-state index in [2.05, 4.69) is 10.3 Å². The Labute approximate surface area is 106 Å². The normalized spacial score (nSPS) is 20.3. The van der Waals surface area contributed by atoms with Crippen LogP contribution in [0.2, 0.25) is 0 Å².